The fourth-order valence-corrected chi connectivity index (χ4v) is 4.50. The molecule has 36 heavy (non-hydrogen) atoms. The van der Waals surface area contributed by atoms with E-state index in [2.05, 4.69) is 14.7 Å². The van der Waals surface area contributed by atoms with Crippen molar-refractivity contribution < 1.29 is 13.5 Å². The first kappa shape index (κ1) is 24.7. The number of nitrogens with zero attached hydrogens (tertiary/aromatic N) is 2. The molecule has 0 fully saturated rings. The number of sulfonamides is 1. The molecule has 0 spiro atoms. The zero-order valence-electron chi connectivity index (χ0n) is 19.8. The second-order valence-corrected chi connectivity index (χ2v) is 10.0. The van der Waals surface area contributed by atoms with Crippen LogP contribution in [0.2, 0.25) is 0 Å². The molecule has 1 heterocycles. The molecule has 1 aromatic heterocycles. The highest BCUT2D eigenvalue weighted by Crippen LogP contribution is 2.22. The van der Waals surface area contributed by atoms with E-state index in [1.807, 2.05) is 20.8 Å². The lowest BCUT2D eigenvalue weighted by molar-refractivity contribution is 0.430. The molecule has 0 aliphatic heterocycles. The summed E-state index contributed by atoms with van der Waals surface area (Å²) in [5.41, 5.74) is 2.30. The number of aromatic nitrogens is 2. The number of aromatic hydroxyl groups is 1. The number of benzene rings is 3. The van der Waals surface area contributed by atoms with E-state index in [0.717, 1.165) is 27.5 Å². The van der Waals surface area contributed by atoms with Crippen LogP contribution < -0.4 is 16.0 Å². The Morgan fingerprint density at radius 3 is 2.22 bits per heavy atom. The van der Waals surface area contributed by atoms with Crippen molar-refractivity contribution in [2.45, 2.75) is 25.7 Å². The Kier molecular flexibility index (Phi) is 6.63. The summed E-state index contributed by atoms with van der Waals surface area (Å²) in [6, 6.07) is 17.8. The smallest absolute Gasteiger partial charge is 0.335 e. The molecule has 10 heteroatoms. The second-order valence-electron chi connectivity index (χ2n) is 8.32. The topological polar surface area (TPSA) is 134 Å². The average molecular weight is 505 g/mol. The number of aryl methyl sites for hydroxylation is 3. The van der Waals surface area contributed by atoms with Gasteiger partial charge in [0.25, 0.3) is 15.6 Å². The first-order valence-corrected chi connectivity index (χ1v) is 12.4. The monoisotopic (exact) mass is 504 g/mol. The Labute approximate surface area is 207 Å². The quantitative estimate of drug-likeness (QED) is 0.344. The van der Waals surface area contributed by atoms with Crippen molar-refractivity contribution in [1.29, 1.82) is 0 Å². The molecule has 4 aromatic rings. The van der Waals surface area contributed by atoms with Gasteiger partial charge in [-0.15, -0.1) is 0 Å². The highest BCUT2D eigenvalue weighted by Gasteiger charge is 2.16. The second kappa shape index (κ2) is 9.67. The molecular formula is C26H24N4O5S. The fourth-order valence-electron chi connectivity index (χ4n) is 3.45. The molecule has 0 aliphatic rings. The van der Waals surface area contributed by atoms with Crippen molar-refractivity contribution in [2.75, 3.05) is 4.72 Å². The van der Waals surface area contributed by atoms with Crippen molar-refractivity contribution in [3.05, 3.63) is 110 Å². The van der Waals surface area contributed by atoms with Gasteiger partial charge in [-0.25, -0.2) is 17.8 Å². The number of anilines is 1. The van der Waals surface area contributed by atoms with E-state index in [4.69, 9.17) is 0 Å². The van der Waals surface area contributed by atoms with Crippen LogP contribution in [0.25, 0.3) is 5.69 Å². The largest absolute Gasteiger partial charge is 0.493 e. The average Bonchev–Trinajstić information content (AvgIpc) is 2.82. The van der Waals surface area contributed by atoms with Gasteiger partial charge in [0.1, 0.15) is 5.56 Å². The van der Waals surface area contributed by atoms with E-state index in [9.17, 15) is 23.1 Å². The Balaban J connectivity index is 1.62. The summed E-state index contributed by atoms with van der Waals surface area (Å²) >= 11 is 0. The van der Waals surface area contributed by atoms with Crippen LogP contribution in [0.3, 0.4) is 0 Å². The highest BCUT2D eigenvalue weighted by atomic mass is 32.2. The third-order valence-electron chi connectivity index (χ3n) is 5.66. The molecule has 0 radical (unpaired) electrons. The maximum Gasteiger partial charge on any atom is 0.335 e. The molecule has 0 saturated carbocycles. The lowest BCUT2D eigenvalue weighted by Gasteiger charge is -2.11. The van der Waals surface area contributed by atoms with Gasteiger partial charge in [0.2, 0.25) is 5.88 Å². The van der Waals surface area contributed by atoms with Crippen molar-refractivity contribution in [1.82, 2.24) is 9.55 Å². The van der Waals surface area contributed by atoms with Gasteiger partial charge in [-0.3, -0.25) is 19.5 Å². The third kappa shape index (κ3) is 5.13. The zero-order valence-corrected chi connectivity index (χ0v) is 20.6. The molecule has 3 N–H and O–H groups in total. The van der Waals surface area contributed by atoms with Crippen LogP contribution in [0.15, 0.2) is 86.2 Å². The third-order valence-corrected chi connectivity index (χ3v) is 7.06. The molecule has 0 unspecified atom stereocenters. The first-order valence-electron chi connectivity index (χ1n) is 10.9. The van der Waals surface area contributed by atoms with E-state index in [-0.39, 0.29) is 10.5 Å². The predicted octanol–water partition coefficient (Wildman–Crippen LogP) is 3.71. The van der Waals surface area contributed by atoms with Gasteiger partial charge in [-0.2, -0.15) is 0 Å². The Bertz CT molecular complexity index is 1680. The molecule has 0 aliphatic carbocycles. The van der Waals surface area contributed by atoms with Crippen LogP contribution in [-0.4, -0.2) is 29.3 Å². The summed E-state index contributed by atoms with van der Waals surface area (Å²) < 4.78 is 28.8. The van der Waals surface area contributed by atoms with Crippen molar-refractivity contribution in [3.8, 4) is 11.6 Å². The van der Waals surface area contributed by atoms with Crippen molar-refractivity contribution >= 4 is 27.6 Å². The maximum atomic E-state index is 12.7. The summed E-state index contributed by atoms with van der Waals surface area (Å²) in [5.74, 6) is -0.558. The molecule has 0 bridgehead atoms. The summed E-state index contributed by atoms with van der Waals surface area (Å²) in [4.78, 5) is 31.2. The Morgan fingerprint density at radius 1 is 0.917 bits per heavy atom. The Morgan fingerprint density at radius 2 is 1.58 bits per heavy atom. The molecular weight excluding hydrogens is 480 g/mol. The van der Waals surface area contributed by atoms with Gasteiger partial charge in [-0.1, -0.05) is 23.8 Å². The maximum absolute atomic E-state index is 12.7. The van der Waals surface area contributed by atoms with E-state index >= 15 is 0 Å². The van der Waals surface area contributed by atoms with Crippen LogP contribution in [0.4, 0.5) is 11.4 Å². The number of nitrogens with one attached hydrogen (secondary N) is 2. The number of hydrogen-bond donors (Lipinski definition) is 3. The lowest BCUT2D eigenvalue weighted by atomic mass is 10.1. The van der Waals surface area contributed by atoms with Gasteiger partial charge in [0.15, 0.2) is 0 Å². The standard InChI is InChI=1S/C26H24N4O5S/c1-16-4-7-20(8-5-16)29-36(34,35)22-12-9-19(10-13-22)27-15-23-24(31)28-26(33)30(25(23)32)21-11-6-17(2)18(3)14-21/h4-15,29,32H,1-3H3,(H,28,31,33). The Hall–Kier alpha value is -4.44. The van der Waals surface area contributed by atoms with Crippen molar-refractivity contribution in [2.24, 2.45) is 4.99 Å². The summed E-state index contributed by atoms with van der Waals surface area (Å²) in [5, 5.41) is 10.7. The fraction of sp³-hybridized carbons (Fsp3) is 0.115. The minimum Gasteiger partial charge on any atom is -0.493 e. The molecule has 0 atom stereocenters. The van der Waals surface area contributed by atoms with Crippen LogP contribution in [-0.2, 0) is 10.0 Å². The molecule has 0 amide bonds. The van der Waals surface area contributed by atoms with Crippen LogP contribution in [0.1, 0.15) is 22.3 Å². The highest BCUT2D eigenvalue weighted by molar-refractivity contribution is 7.92. The minimum atomic E-state index is -3.81. The van der Waals surface area contributed by atoms with Gasteiger partial charge < -0.3 is 5.11 Å². The summed E-state index contributed by atoms with van der Waals surface area (Å²) in [7, 11) is -3.81. The van der Waals surface area contributed by atoms with E-state index < -0.39 is 27.2 Å². The number of aromatic amines is 1. The van der Waals surface area contributed by atoms with E-state index in [1.165, 1.54) is 24.3 Å². The normalized spacial score (nSPS) is 11.6. The number of aliphatic imine (C=N–C) groups is 1. The lowest BCUT2D eigenvalue weighted by Crippen LogP contribution is -2.31. The van der Waals surface area contributed by atoms with Crippen LogP contribution >= 0.6 is 0 Å². The van der Waals surface area contributed by atoms with Crippen LogP contribution in [0.5, 0.6) is 5.88 Å². The van der Waals surface area contributed by atoms with Gasteiger partial charge in [0, 0.05) is 11.9 Å². The number of rotatable bonds is 6. The van der Waals surface area contributed by atoms with E-state index in [1.54, 1.807) is 42.5 Å². The minimum absolute atomic E-state index is 0.0333. The van der Waals surface area contributed by atoms with Gasteiger partial charge in [-0.05, 0) is 80.4 Å². The van der Waals surface area contributed by atoms with Gasteiger partial charge >= 0.3 is 5.69 Å². The molecule has 9 nitrogen and oxygen atoms in total. The number of hydrogen-bond acceptors (Lipinski definition) is 6. The molecule has 0 saturated heterocycles. The van der Waals surface area contributed by atoms with Crippen molar-refractivity contribution in [3.63, 3.8) is 0 Å². The SMILES string of the molecule is Cc1ccc(NS(=O)(=O)c2ccc(N=Cc3c(O)n(-c4ccc(C)c(C)c4)c(=O)[nH]c3=O)cc2)cc1. The molecule has 4 rings (SSSR count). The predicted molar refractivity (Wildman–Crippen MR) is 139 cm³/mol. The van der Waals surface area contributed by atoms with E-state index in [0.29, 0.717) is 17.1 Å². The summed E-state index contributed by atoms with van der Waals surface area (Å²) in [6.07, 6.45) is 1.12. The number of H-pyrrole nitrogens is 1. The summed E-state index contributed by atoms with van der Waals surface area (Å²) in [6.45, 7) is 5.69. The molecule has 3 aromatic carbocycles. The van der Waals surface area contributed by atoms with Crippen LogP contribution in [0, 0.1) is 20.8 Å². The zero-order chi connectivity index (χ0) is 26.0. The first-order chi connectivity index (χ1) is 17.0. The van der Waals surface area contributed by atoms with Gasteiger partial charge in [0.05, 0.1) is 16.3 Å². The molecule has 184 valence electrons.